The van der Waals surface area contributed by atoms with Crippen molar-refractivity contribution in [2.75, 3.05) is 11.6 Å². The molecule has 0 bridgehead atoms. The van der Waals surface area contributed by atoms with E-state index < -0.39 is 0 Å². The smallest absolute Gasteiger partial charge is 0.208 e. The second kappa shape index (κ2) is 7.09. The van der Waals surface area contributed by atoms with Crippen molar-refractivity contribution in [1.82, 2.24) is 14.6 Å². The van der Waals surface area contributed by atoms with Crippen molar-refractivity contribution < 1.29 is 0 Å². The molecule has 0 radical (unpaired) electrons. The standard InChI is InChI=1S/C15H10Cl2N6S/c1-24-15(19-8-18)20-9-6-10(16)13(11(17)7-9)14-22-21-12-4-2-3-5-23(12)14/h2-7H,1H3,(H,19,20). The van der Waals surface area contributed by atoms with Gasteiger partial charge in [-0.2, -0.15) is 5.26 Å². The fourth-order valence-corrected chi connectivity index (χ4v) is 3.17. The largest absolute Gasteiger partial charge is 0.334 e. The van der Waals surface area contributed by atoms with Gasteiger partial charge in [0.1, 0.15) is 0 Å². The van der Waals surface area contributed by atoms with Gasteiger partial charge >= 0.3 is 0 Å². The van der Waals surface area contributed by atoms with Crippen LogP contribution in [0.1, 0.15) is 0 Å². The van der Waals surface area contributed by atoms with E-state index in [9.17, 15) is 0 Å². The molecule has 24 heavy (non-hydrogen) atoms. The minimum absolute atomic E-state index is 0.417. The number of anilines is 1. The van der Waals surface area contributed by atoms with Crippen molar-refractivity contribution >= 4 is 51.5 Å². The monoisotopic (exact) mass is 376 g/mol. The summed E-state index contributed by atoms with van der Waals surface area (Å²) < 4.78 is 1.81. The fraction of sp³-hybridized carbons (Fsp3) is 0.0667. The molecule has 0 aliphatic heterocycles. The van der Waals surface area contributed by atoms with E-state index in [4.69, 9.17) is 28.5 Å². The number of benzene rings is 1. The summed E-state index contributed by atoms with van der Waals surface area (Å²) in [6, 6.07) is 9.01. The Morgan fingerprint density at radius 3 is 2.71 bits per heavy atom. The van der Waals surface area contributed by atoms with Crippen LogP contribution in [-0.4, -0.2) is 26.0 Å². The lowest BCUT2D eigenvalue weighted by molar-refractivity contribution is 1.11. The highest BCUT2D eigenvalue weighted by Gasteiger charge is 2.16. The molecular weight excluding hydrogens is 367 g/mol. The van der Waals surface area contributed by atoms with Crippen LogP contribution in [0, 0.1) is 11.5 Å². The molecule has 0 saturated carbocycles. The number of aliphatic imine (C=N–C) groups is 1. The molecule has 0 atom stereocenters. The van der Waals surface area contributed by atoms with E-state index in [0.29, 0.717) is 37.9 Å². The average Bonchev–Trinajstić information content (AvgIpc) is 2.98. The molecule has 6 nitrogen and oxygen atoms in total. The Labute approximate surface area is 152 Å². The van der Waals surface area contributed by atoms with E-state index in [1.54, 1.807) is 18.3 Å². The quantitative estimate of drug-likeness (QED) is 0.409. The van der Waals surface area contributed by atoms with Crippen LogP contribution in [0.2, 0.25) is 10.0 Å². The number of fused-ring (bicyclic) bond motifs is 1. The molecule has 1 aromatic carbocycles. The van der Waals surface area contributed by atoms with Crippen molar-refractivity contribution in [2.45, 2.75) is 0 Å². The van der Waals surface area contributed by atoms with E-state index in [2.05, 4.69) is 20.5 Å². The number of halogens is 2. The van der Waals surface area contributed by atoms with Crippen LogP contribution in [0.3, 0.4) is 0 Å². The zero-order chi connectivity index (χ0) is 17.1. The lowest BCUT2D eigenvalue weighted by atomic mass is 10.2. The Morgan fingerprint density at radius 1 is 1.29 bits per heavy atom. The number of pyridine rings is 1. The normalized spacial score (nSPS) is 11.5. The van der Waals surface area contributed by atoms with Crippen LogP contribution in [0.5, 0.6) is 0 Å². The van der Waals surface area contributed by atoms with E-state index in [1.807, 2.05) is 35.1 Å². The Balaban J connectivity index is 2.05. The SMILES string of the molecule is CSC(=NC#N)Nc1cc(Cl)c(-c2nnc3ccccn23)c(Cl)c1. The van der Waals surface area contributed by atoms with Gasteiger partial charge in [0, 0.05) is 11.9 Å². The van der Waals surface area contributed by atoms with Gasteiger partial charge < -0.3 is 5.32 Å². The molecule has 3 aromatic rings. The first-order valence-electron chi connectivity index (χ1n) is 6.71. The predicted octanol–water partition coefficient (Wildman–Crippen LogP) is 4.32. The first-order chi connectivity index (χ1) is 11.6. The molecule has 0 aliphatic rings. The van der Waals surface area contributed by atoms with Gasteiger partial charge in [-0.05, 0) is 30.5 Å². The fourth-order valence-electron chi connectivity index (χ4n) is 2.16. The van der Waals surface area contributed by atoms with Gasteiger partial charge in [0.2, 0.25) is 6.19 Å². The lowest BCUT2D eigenvalue weighted by Crippen LogP contribution is -2.07. The number of nitriles is 1. The molecule has 2 aromatic heterocycles. The molecule has 0 aliphatic carbocycles. The van der Waals surface area contributed by atoms with E-state index in [-0.39, 0.29) is 0 Å². The van der Waals surface area contributed by atoms with Crippen LogP contribution < -0.4 is 5.32 Å². The minimum Gasteiger partial charge on any atom is -0.334 e. The van der Waals surface area contributed by atoms with Gasteiger partial charge in [-0.25, -0.2) is 0 Å². The number of thioether (sulfide) groups is 1. The molecule has 3 rings (SSSR count). The molecule has 0 fully saturated rings. The zero-order valence-electron chi connectivity index (χ0n) is 12.4. The minimum atomic E-state index is 0.417. The third-order valence-electron chi connectivity index (χ3n) is 3.18. The summed E-state index contributed by atoms with van der Waals surface area (Å²) in [5, 5.41) is 21.2. The van der Waals surface area contributed by atoms with Crippen LogP contribution in [0.4, 0.5) is 5.69 Å². The summed E-state index contributed by atoms with van der Waals surface area (Å²) in [6.45, 7) is 0. The highest BCUT2D eigenvalue weighted by molar-refractivity contribution is 8.13. The summed E-state index contributed by atoms with van der Waals surface area (Å²) in [5.41, 5.74) is 1.92. The first-order valence-corrected chi connectivity index (χ1v) is 8.69. The Bertz CT molecular complexity index is 952. The van der Waals surface area contributed by atoms with Crippen molar-refractivity contribution in [3.63, 3.8) is 0 Å². The van der Waals surface area contributed by atoms with Crippen LogP contribution in [0.15, 0.2) is 41.5 Å². The number of hydrogen-bond donors (Lipinski definition) is 1. The van der Waals surface area contributed by atoms with Gasteiger partial charge in [-0.1, -0.05) is 41.0 Å². The van der Waals surface area contributed by atoms with Crippen LogP contribution in [0.25, 0.3) is 17.0 Å². The number of rotatable bonds is 2. The van der Waals surface area contributed by atoms with Crippen molar-refractivity contribution in [1.29, 1.82) is 5.26 Å². The van der Waals surface area contributed by atoms with Gasteiger partial charge in [0.05, 0.1) is 15.6 Å². The third-order valence-corrected chi connectivity index (χ3v) is 4.35. The van der Waals surface area contributed by atoms with E-state index in [1.165, 1.54) is 11.8 Å². The molecule has 9 heteroatoms. The van der Waals surface area contributed by atoms with Crippen molar-refractivity contribution in [2.24, 2.45) is 4.99 Å². The summed E-state index contributed by atoms with van der Waals surface area (Å²) in [5.74, 6) is 0.558. The second-order valence-corrected chi connectivity index (χ2v) is 6.22. The number of amidine groups is 1. The molecule has 0 saturated heterocycles. The molecular formula is C15H10Cl2N6S. The van der Waals surface area contributed by atoms with Crippen LogP contribution >= 0.6 is 35.0 Å². The first kappa shape index (κ1) is 16.6. The van der Waals surface area contributed by atoms with Gasteiger partial charge in [-0.15, -0.1) is 15.2 Å². The predicted molar refractivity (Wildman–Crippen MR) is 98.6 cm³/mol. The Morgan fingerprint density at radius 2 is 2.04 bits per heavy atom. The maximum absolute atomic E-state index is 8.66. The highest BCUT2D eigenvalue weighted by atomic mass is 35.5. The Hall–Kier alpha value is -2.27. The molecule has 1 N–H and O–H groups in total. The van der Waals surface area contributed by atoms with Crippen LogP contribution in [-0.2, 0) is 0 Å². The van der Waals surface area contributed by atoms with E-state index in [0.717, 1.165) is 0 Å². The maximum atomic E-state index is 8.66. The van der Waals surface area contributed by atoms with Gasteiger partial charge in [0.25, 0.3) is 0 Å². The lowest BCUT2D eigenvalue weighted by Gasteiger charge is -2.11. The number of nitrogens with zero attached hydrogens (tertiary/aromatic N) is 5. The number of aromatic nitrogens is 3. The number of nitrogens with one attached hydrogen (secondary N) is 1. The molecule has 120 valence electrons. The highest BCUT2D eigenvalue weighted by Crippen LogP contribution is 2.36. The average molecular weight is 377 g/mol. The summed E-state index contributed by atoms with van der Waals surface area (Å²) in [7, 11) is 0. The molecule has 0 unspecified atom stereocenters. The maximum Gasteiger partial charge on any atom is 0.208 e. The van der Waals surface area contributed by atoms with Crippen molar-refractivity contribution in [3.8, 4) is 17.6 Å². The molecule has 0 amide bonds. The summed E-state index contributed by atoms with van der Waals surface area (Å²) in [4.78, 5) is 3.67. The topological polar surface area (TPSA) is 78.4 Å². The number of hydrogen-bond acceptors (Lipinski definition) is 5. The third kappa shape index (κ3) is 3.17. The molecule has 2 heterocycles. The zero-order valence-corrected chi connectivity index (χ0v) is 14.7. The second-order valence-electron chi connectivity index (χ2n) is 4.61. The van der Waals surface area contributed by atoms with Gasteiger partial charge in [0.15, 0.2) is 16.6 Å². The van der Waals surface area contributed by atoms with E-state index >= 15 is 0 Å². The summed E-state index contributed by atoms with van der Waals surface area (Å²) >= 11 is 14.1. The molecule has 0 spiro atoms. The summed E-state index contributed by atoms with van der Waals surface area (Å²) in [6.07, 6.45) is 5.39. The van der Waals surface area contributed by atoms with Gasteiger partial charge in [-0.3, -0.25) is 4.40 Å². The van der Waals surface area contributed by atoms with Crippen molar-refractivity contribution in [3.05, 3.63) is 46.6 Å². The Kier molecular flexibility index (Phi) is 4.90.